The van der Waals surface area contributed by atoms with Gasteiger partial charge >= 0.3 is 5.97 Å². The molecule has 0 heterocycles. The van der Waals surface area contributed by atoms with Gasteiger partial charge in [0.25, 0.3) is 0 Å². The maximum atomic E-state index is 10.9. The lowest BCUT2D eigenvalue weighted by molar-refractivity contribution is -0.137. The zero-order valence-corrected chi connectivity index (χ0v) is 6.76. The fourth-order valence-electron chi connectivity index (χ4n) is 0.391. The van der Waals surface area contributed by atoms with Crippen LogP contribution in [-0.4, -0.2) is 17.7 Å². The fourth-order valence-corrected chi connectivity index (χ4v) is 0.391. The minimum absolute atomic E-state index is 0.0148. The molecular formula is C8H12O3. The summed E-state index contributed by atoms with van der Waals surface area (Å²) in [6.07, 6.45) is 1.47. The first kappa shape index (κ1) is 9.75. The second-order valence-corrected chi connectivity index (χ2v) is 2.10. The van der Waals surface area contributed by atoms with Gasteiger partial charge in [-0.2, -0.15) is 0 Å². The third-order valence-corrected chi connectivity index (χ3v) is 1.18. The van der Waals surface area contributed by atoms with Crippen LogP contribution in [0, 0.1) is 0 Å². The van der Waals surface area contributed by atoms with E-state index in [2.05, 4.69) is 11.3 Å². The molecule has 1 N–H and O–H groups in total. The predicted molar refractivity (Wildman–Crippen MR) is 42.2 cm³/mol. The summed E-state index contributed by atoms with van der Waals surface area (Å²) in [7, 11) is 0. The first-order valence-electron chi connectivity index (χ1n) is 3.24. The van der Waals surface area contributed by atoms with E-state index in [0.717, 1.165) is 0 Å². The molecule has 0 spiro atoms. The highest BCUT2D eigenvalue weighted by Crippen LogP contribution is 2.01. The van der Waals surface area contributed by atoms with Gasteiger partial charge in [-0.3, -0.25) is 0 Å². The molecule has 3 heteroatoms. The van der Waals surface area contributed by atoms with Crippen molar-refractivity contribution < 1.29 is 14.6 Å². The highest BCUT2D eigenvalue weighted by molar-refractivity contribution is 5.88. The van der Waals surface area contributed by atoms with Crippen molar-refractivity contribution in [3.63, 3.8) is 0 Å². The van der Waals surface area contributed by atoms with Crippen molar-refractivity contribution in [3.05, 3.63) is 24.0 Å². The summed E-state index contributed by atoms with van der Waals surface area (Å²) in [4.78, 5) is 10.9. The van der Waals surface area contributed by atoms with E-state index in [4.69, 9.17) is 5.11 Å². The van der Waals surface area contributed by atoms with Crippen molar-refractivity contribution in [3.8, 4) is 0 Å². The number of esters is 1. The van der Waals surface area contributed by atoms with Crippen molar-refractivity contribution >= 4 is 5.97 Å². The van der Waals surface area contributed by atoms with Crippen LogP contribution in [0.1, 0.15) is 13.8 Å². The molecule has 0 aliphatic rings. The van der Waals surface area contributed by atoms with Crippen LogP contribution >= 0.6 is 0 Å². The lowest BCUT2D eigenvalue weighted by atomic mass is 10.3. The molecule has 0 aromatic heterocycles. The number of ether oxygens (including phenoxy) is 1. The number of aliphatic hydroxyl groups excluding tert-OH is 1. The lowest BCUT2D eigenvalue weighted by Crippen LogP contribution is -2.07. The Kier molecular flexibility index (Phi) is 4.03. The number of rotatable bonds is 3. The van der Waals surface area contributed by atoms with Gasteiger partial charge in [-0.25, -0.2) is 4.79 Å². The van der Waals surface area contributed by atoms with Gasteiger partial charge in [-0.15, -0.1) is 0 Å². The third-order valence-electron chi connectivity index (χ3n) is 1.18. The van der Waals surface area contributed by atoms with E-state index in [1.54, 1.807) is 0 Å². The van der Waals surface area contributed by atoms with Crippen LogP contribution in [0.25, 0.3) is 0 Å². The second-order valence-electron chi connectivity index (χ2n) is 2.10. The van der Waals surface area contributed by atoms with Gasteiger partial charge < -0.3 is 9.84 Å². The number of carbonyl (C=O) groups excluding carboxylic acids is 1. The maximum Gasteiger partial charge on any atom is 0.337 e. The van der Waals surface area contributed by atoms with E-state index in [9.17, 15) is 4.79 Å². The molecule has 0 bridgehead atoms. The number of carbonyl (C=O) groups is 1. The monoisotopic (exact) mass is 156 g/mol. The number of aliphatic hydroxyl groups is 1. The SMILES string of the molecule is C=CCOC(=O)/C(C)=C(\C)O. The van der Waals surface area contributed by atoms with E-state index in [1.807, 2.05) is 0 Å². The maximum absolute atomic E-state index is 10.9. The predicted octanol–water partition coefficient (Wildman–Crippen LogP) is 1.57. The Bertz CT molecular complexity index is 188. The topological polar surface area (TPSA) is 46.5 Å². The molecule has 0 saturated heterocycles. The minimum Gasteiger partial charge on any atom is -0.512 e. The van der Waals surface area contributed by atoms with E-state index in [-0.39, 0.29) is 17.9 Å². The summed E-state index contributed by atoms with van der Waals surface area (Å²) in [5.41, 5.74) is 0.229. The second kappa shape index (κ2) is 4.55. The summed E-state index contributed by atoms with van der Waals surface area (Å²) in [5, 5.41) is 8.84. The van der Waals surface area contributed by atoms with Gasteiger partial charge in [0, 0.05) is 0 Å². The van der Waals surface area contributed by atoms with Crippen LogP contribution in [0.5, 0.6) is 0 Å². The summed E-state index contributed by atoms with van der Waals surface area (Å²) >= 11 is 0. The van der Waals surface area contributed by atoms with E-state index in [0.29, 0.717) is 0 Å². The number of hydrogen-bond acceptors (Lipinski definition) is 3. The molecule has 62 valence electrons. The molecular weight excluding hydrogens is 144 g/mol. The normalized spacial score (nSPS) is 11.8. The van der Waals surface area contributed by atoms with Gasteiger partial charge in [-0.1, -0.05) is 12.7 Å². The fraction of sp³-hybridized carbons (Fsp3) is 0.375. The molecule has 0 unspecified atom stereocenters. The Morgan fingerprint density at radius 1 is 1.64 bits per heavy atom. The minimum atomic E-state index is -0.509. The van der Waals surface area contributed by atoms with Crippen molar-refractivity contribution in [2.24, 2.45) is 0 Å². The molecule has 0 atom stereocenters. The number of allylic oxidation sites excluding steroid dienone is 1. The Labute approximate surface area is 66.0 Å². The Hall–Kier alpha value is -1.25. The molecule has 0 fully saturated rings. The quantitative estimate of drug-likeness (QED) is 0.292. The van der Waals surface area contributed by atoms with Crippen LogP contribution in [-0.2, 0) is 9.53 Å². The molecule has 0 aromatic rings. The van der Waals surface area contributed by atoms with Crippen molar-refractivity contribution in [2.45, 2.75) is 13.8 Å². The van der Waals surface area contributed by atoms with Gasteiger partial charge in [0.05, 0.1) is 11.3 Å². The molecule has 0 aliphatic carbocycles. The summed E-state index contributed by atoms with van der Waals surface area (Å²) < 4.78 is 4.64. The van der Waals surface area contributed by atoms with Crippen molar-refractivity contribution in [2.75, 3.05) is 6.61 Å². The summed E-state index contributed by atoms with van der Waals surface area (Å²) in [6.45, 7) is 6.49. The van der Waals surface area contributed by atoms with Crippen LogP contribution in [0.3, 0.4) is 0 Å². The standard InChI is InChI=1S/C8H12O3/c1-4-5-11-8(10)6(2)7(3)9/h4,9H,1,5H2,2-3H3/b7-6+. The molecule has 0 aromatic carbocycles. The molecule has 11 heavy (non-hydrogen) atoms. The zero-order valence-electron chi connectivity index (χ0n) is 6.76. The first-order valence-corrected chi connectivity index (χ1v) is 3.24. The zero-order chi connectivity index (χ0) is 8.85. The molecule has 0 aliphatic heterocycles. The van der Waals surface area contributed by atoms with Crippen LogP contribution in [0.4, 0.5) is 0 Å². The van der Waals surface area contributed by atoms with E-state index >= 15 is 0 Å². The molecule has 0 rings (SSSR count). The Balaban J connectivity index is 4.04. The van der Waals surface area contributed by atoms with Gasteiger partial charge in [-0.05, 0) is 13.8 Å². The first-order chi connectivity index (χ1) is 5.09. The smallest absolute Gasteiger partial charge is 0.337 e. The van der Waals surface area contributed by atoms with Crippen molar-refractivity contribution in [1.29, 1.82) is 0 Å². The van der Waals surface area contributed by atoms with Gasteiger partial charge in [0.15, 0.2) is 0 Å². The summed E-state index contributed by atoms with van der Waals surface area (Å²) in [6, 6.07) is 0. The van der Waals surface area contributed by atoms with E-state index < -0.39 is 5.97 Å². The molecule has 0 saturated carbocycles. The van der Waals surface area contributed by atoms with Crippen LogP contribution in [0.15, 0.2) is 24.0 Å². The summed E-state index contributed by atoms with van der Waals surface area (Å²) in [5.74, 6) is -0.524. The molecule has 3 nitrogen and oxygen atoms in total. The Morgan fingerprint density at radius 3 is 2.55 bits per heavy atom. The lowest BCUT2D eigenvalue weighted by Gasteiger charge is -2.01. The van der Waals surface area contributed by atoms with Gasteiger partial charge in [0.1, 0.15) is 6.61 Å². The highest BCUT2D eigenvalue weighted by atomic mass is 16.5. The largest absolute Gasteiger partial charge is 0.512 e. The molecule has 0 radical (unpaired) electrons. The van der Waals surface area contributed by atoms with Crippen molar-refractivity contribution in [1.82, 2.24) is 0 Å². The Morgan fingerprint density at radius 2 is 2.18 bits per heavy atom. The third kappa shape index (κ3) is 3.45. The average Bonchev–Trinajstić information content (AvgIpc) is 1.98. The van der Waals surface area contributed by atoms with E-state index in [1.165, 1.54) is 19.9 Å². The average molecular weight is 156 g/mol. The number of hydrogen-bond donors (Lipinski definition) is 1. The van der Waals surface area contributed by atoms with Gasteiger partial charge in [0.2, 0.25) is 0 Å². The van der Waals surface area contributed by atoms with Crippen LogP contribution < -0.4 is 0 Å². The molecule has 0 amide bonds. The van der Waals surface area contributed by atoms with Crippen LogP contribution in [0.2, 0.25) is 0 Å². The highest BCUT2D eigenvalue weighted by Gasteiger charge is 2.06.